The van der Waals surface area contributed by atoms with Gasteiger partial charge in [0.15, 0.2) is 5.13 Å². The van der Waals surface area contributed by atoms with Crippen molar-refractivity contribution in [3.05, 3.63) is 11.1 Å². The molecule has 1 aromatic rings. The standard InChI is InChI=1S/C9H14N4O4S2/c1-19(16,17)13-4-2-12(3-5-13)9-10-6-7(18-9)8(14)11-15/h6,15H,2-5H2,1H3,(H,11,14). The Hall–Kier alpha value is -1.23. The fourth-order valence-electron chi connectivity index (χ4n) is 1.78. The molecule has 10 heteroatoms. The van der Waals surface area contributed by atoms with Gasteiger partial charge in [-0.1, -0.05) is 11.3 Å². The van der Waals surface area contributed by atoms with Crippen LogP contribution < -0.4 is 10.4 Å². The van der Waals surface area contributed by atoms with Crippen LogP contribution in [-0.4, -0.2) is 61.3 Å². The van der Waals surface area contributed by atoms with Crippen molar-refractivity contribution in [2.75, 3.05) is 37.3 Å². The number of hydrogen-bond acceptors (Lipinski definition) is 7. The third-order valence-corrected chi connectivity index (χ3v) is 5.16. The first-order valence-corrected chi connectivity index (χ1v) is 8.18. The number of thiazole rings is 1. The number of anilines is 1. The van der Waals surface area contributed by atoms with Gasteiger partial charge in [0.25, 0.3) is 5.91 Å². The van der Waals surface area contributed by atoms with Gasteiger partial charge in [-0.05, 0) is 0 Å². The number of carbonyl (C=O) groups is 1. The molecule has 0 radical (unpaired) electrons. The van der Waals surface area contributed by atoms with Crippen LogP contribution >= 0.6 is 11.3 Å². The van der Waals surface area contributed by atoms with Crippen molar-refractivity contribution in [1.29, 1.82) is 0 Å². The summed E-state index contributed by atoms with van der Waals surface area (Å²) in [5.74, 6) is -0.599. The fourth-order valence-corrected chi connectivity index (χ4v) is 3.47. The van der Waals surface area contributed by atoms with Crippen LogP contribution in [0.15, 0.2) is 6.20 Å². The molecule has 1 aliphatic heterocycles. The number of nitrogens with one attached hydrogen (secondary N) is 1. The predicted octanol–water partition coefficient (Wildman–Crippen LogP) is -0.656. The number of rotatable bonds is 3. The third kappa shape index (κ3) is 3.21. The summed E-state index contributed by atoms with van der Waals surface area (Å²) in [6, 6.07) is 0. The van der Waals surface area contributed by atoms with Crippen LogP contribution in [0.1, 0.15) is 9.67 Å². The Balaban J connectivity index is 2.02. The molecule has 1 aromatic heterocycles. The van der Waals surface area contributed by atoms with E-state index in [2.05, 4.69) is 4.98 Å². The summed E-state index contributed by atoms with van der Waals surface area (Å²) in [6.07, 6.45) is 2.57. The number of hydroxylamine groups is 1. The van der Waals surface area contributed by atoms with Crippen molar-refractivity contribution in [1.82, 2.24) is 14.8 Å². The molecule has 1 aliphatic rings. The number of sulfonamides is 1. The normalized spacial score (nSPS) is 17.5. The summed E-state index contributed by atoms with van der Waals surface area (Å²) in [7, 11) is -3.15. The largest absolute Gasteiger partial charge is 0.345 e. The molecule has 0 aliphatic carbocycles. The second kappa shape index (κ2) is 5.41. The fraction of sp³-hybridized carbons (Fsp3) is 0.556. The van der Waals surface area contributed by atoms with Crippen LogP contribution in [0.3, 0.4) is 0 Å². The van der Waals surface area contributed by atoms with Gasteiger partial charge in [-0.3, -0.25) is 10.0 Å². The Morgan fingerprint density at radius 2 is 2.05 bits per heavy atom. The van der Waals surface area contributed by atoms with Gasteiger partial charge in [-0.2, -0.15) is 4.31 Å². The number of carbonyl (C=O) groups excluding carboxylic acids is 1. The lowest BCUT2D eigenvalue weighted by molar-refractivity contribution is 0.0710. The highest BCUT2D eigenvalue weighted by Gasteiger charge is 2.25. The van der Waals surface area contributed by atoms with Crippen LogP contribution in [0, 0.1) is 0 Å². The Morgan fingerprint density at radius 1 is 1.42 bits per heavy atom. The molecule has 19 heavy (non-hydrogen) atoms. The first-order chi connectivity index (χ1) is 8.91. The summed E-state index contributed by atoms with van der Waals surface area (Å²) in [5, 5.41) is 9.17. The highest BCUT2D eigenvalue weighted by molar-refractivity contribution is 7.88. The van der Waals surface area contributed by atoms with Gasteiger partial charge >= 0.3 is 0 Å². The monoisotopic (exact) mass is 306 g/mol. The lowest BCUT2D eigenvalue weighted by Gasteiger charge is -2.32. The lowest BCUT2D eigenvalue weighted by Crippen LogP contribution is -2.48. The molecule has 8 nitrogen and oxygen atoms in total. The zero-order valence-corrected chi connectivity index (χ0v) is 11.9. The van der Waals surface area contributed by atoms with Crippen LogP contribution in [0.5, 0.6) is 0 Å². The maximum Gasteiger partial charge on any atom is 0.286 e. The van der Waals surface area contributed by atoms with Gasteiger partial charge < -0.3 is 4.90 Å². The zero-order valence-electron chi connectivity index (χ0n) is 10.2. The minimum Gasteiger partial charge on any atom is -0.345 e. The molecule has 0 saturated carbocycles. The van der Waals surface area contributed by atoms with E-state index in [4.69, 9.17) is 5.21 Å². The van der Waals surface area contributed by atoms with Crippen LogP contribution in [0.4, 0.5) is 5.13 Å². The molecular formula is C9H14N4O4S2. The van der Waals surface area contributed by atoms with Crippen molar-refractivity contribution in [2.45, 2.75) is 0 Å². The van der Waals surface area contributed by atoms with Gasteiger partial charge in [0.1, 0.15) is 4.88 Å². The van der Waals surface area contributed by atoms with Gasteiger partial charge in [0.2, 0.25) is 10.0 Å². The molecule has 2 rings (SSSR count). The topological polar surface area (TPSA) is 103 Å². The summed E-state index contributed by atoms with van der Waals surface area (Å²) < 4.78 is 24.2. The Kier molecular flexibility index (Phi) is 4.04. The molecule has 2 N–H and O–H groups in total. The van der Waals surface area contributed by atoms with Crippen molar-refractivity contribution in [3.63, 3.8) is 0 Å². The van der Waals surface area contributed by atoms with E-state index >= 15 is 0 Å². The second-order valence-corrected chi connectivity index (χ2v) is 7.09. The van der Waals surface area contributed by atoms with E-state index in [0.717, 1.165) is 11.3 Å². The average Bonchev–Trinajstić information content (AvgIpc) is 2.86. The first kappa shape index (κ1) is 14.2. The first-order valence-electron chi connectivity index (χ1n) is 5.52. The highest BCUT2D eigenvalue weighted by Crippen LogP contribution is 2.23. The smallest absolute Gasteiger partial charge is 0.286 e. The van der Waals surface area contributed by atoms with Gasteiger partial charge in [-0.15, -0.1) is 0 Å². The SMILES string of the molecule is CS(=O)(=O)N1CCN(c2ncc(C(=O)NO)s2)CC1. The summed E-state index contributed by atoms with van der Waals surface area (Å²) in [4.78, 5) is 17.5. The Morgan fingerprint density at radius 3 is 2.58 bits per heavy atom. The molecule has 0 atom stereocenters. The quantitative estimate of drug-likeness (QED) is 0.568. The van der Waals surface area contributed by atoms with E-state index in [1.807, 2.05) is 4.90 Å². The van der Waals surface area contributed by atoms with E-state index in [1.165, 1.54) is 16.8 Å². The molecular weight excluding hydrogens is 292 g/mol. The van der Waals surface area contributed by atoms with E-state index in [1.54, 1.807) is 5.48 Å². The lowest BCUT2D eigenvalue weighted by atomic mass is 10.4. The van der Waals surface area contributed by atoms with Crippen LogP contribution in [0.2, 0.25) is 0 Å². The molecule has 1 fully saturated rings. The van der Waals surface area contributed by atoms with Gasteiger partial charge in [-0.25, -0.2) is 18.9 Å². The minimum absolute atomic E-state index is 0.308. The molecule has 0 unspecified atom stereocenters. The number of hydrogen-bond donors (Lipinski definition) is 2. The molecule has 1 amide bonds. The van der Waals surface area contributed by atoms with E-state index in [9.17, 15) is 13.2 Å². The second-order valence-electron chi connectivity index (χ2n) is 4.10. The van der Waals surface area contributed by atoms with Crippen LogP contribution in [-0.2, 0) is 10.0 Å². The molecule has 0 bridgehead atoms. The maximum absolute atomic E-state index is 11.4. The average molecular weight is 306 g/mol. The van der Waals surface area contributed by atoms with Gasteiger partial charge in [0.05, 0.1) is 12.5 Å². The maximum atomic E-state index is 11.4. The summed E-state index contributed by atoms with van der Waals surface area (Å²) >= 11 is 1.16. The Bertz CT molecular complexity index is 563. The Labute approximate surface area is 114 Å². The predicted molar refractivity (Wildman–Crippen MR) is 70.0 cm³/mol. The molecule has 2 heterocycles. The number of piperazine rings is 1. The van der Waals surface area contributed by atoms with Crippen molar-refractivity contribution in [2.24, 2.45) is 0 Å². The molecule has 0 spiro atoms. The summed E-state index contributed by atoms with van der Waals surface area (Å²) in [6.45, 7) is 1.86. The molecule has 106 valence electrons. The van der Waals surface area contributed by atoms with E-state index < -0.39 is 15.9 Å². The third-order valence-electron chi connectivity index (χ3n) is 2.80. The summed E-state index contributed by atoms with van der Waals surface area (Å²) in [5.41, 5.74) is 1.55. The number of amides is 1. The van der Waals surface area contributed by atoms with Gasteiger partial charge in [0, 0.05) is 26.2 Å². The molecule has 1 saturated heterocycles. The highest BCUT2D eigenvalue weighted by atomic mass is 32.2. The minimum atomic E-state index is -3.15. The zero-order chi connectivity index (χ0) is 14.0. The van der Waals surface area contributed by atoms with Crippen LogP contribution in [0.25, 0.3) is 0 Å². The number of nitrogens with zero attached hydrogens (tertiary/aromatic N) is 3. The molecule has 0 aromatic carbocycles. The van der Waals surface area contributed by atoms with E-state index in [0.29, 0.717) is 36.2 Å². The van der Waals surface area contributed by atoms with E-state index in [-0.39, 0.29) is 0 Å². The van der Waals surface area contributed by atoms with Crippen molar-refractivity contribution < 1.29 is 18.4 Å². The van der Waals surface area contributed by atoms with Crippen molar-refractivity contribution >= 4 is 32.4 Å². The number of aromatic nitrogens is 1. The van der Waals surface area contributed by atoms with Crippen molar-refractivity contribution in [3.8, 4) is 0 Å².